The first kappa shape index (κ1) is 21.0. The van der Waals surface area contributed by atoms with E-state index in [0.717, 1.165) is 36.9 Å². The van der Waals surface area contributed by atoms with Crippen molar-refractivity contribution >= 4 is 33.0 Å². The number of carbonyl (C=O) groups excluding carboxylic acids is 1. The highest BCUT2D eigenvalue weighted by Crippen LogP contribution is 2.19. The van der Waals surface area contributed by atoms with E-state index >= 15 is 0 Å². The third-order valence-corrected chi connectivity index (χ3v) is 7.79. The smallest absolute Gasteiger partial charge is 0.250 e. The maximum atomic E-state index is 12.4. The van der Waals surface area contributed by atoms with E-state index < -0.39 is 22.0 Å². The molecule has 8 heteroatoms. The van der Waals surface area contributed by atoms with Gasteiger partial charge in [0.15, 0.2) is 0 Å². The molecule has 1 aliphatic rings. The van der Waals surface area contributed by atoms with Gasteiger partial charge in [0, 0.05) is 18.8 Å². The van der Waals surface area contributed by atoms with E-state index in [2.05, 4.69) is 21.9 Å². The van der Waals surface area contributed by atoms with Gasteiger partial charge in [-0.2, -0.15) is 4.72 Å². The molecule has 1 aromatic heterocycles. The number of likely N-dealkylation sites (tertiary alicyclic amines) is 1. The van der Waals surface area contributed by atoms with Gasteiger partial charge in [-0.1, -0.05) is 25.1 Å². The summed E-state index contributed by atoms with van der Waals surface area (Å²) in [6.07, 6.45) is 2.55. The van der Waals surface area contributed by atoms with Crippen LogP contribution < -0.4 is 10.0 Å². The number of piperidine rings is 1. The summed E-state index contributed by atoms with van der Waals surface area (Å²) in [5.41, 5.74) is 1.86. The second-order valence-corrected chi connectivity index (χ2v) is 10.3. The first-order valence-electron chi connectivity index (χ1n) is 9.51. The number of hydrogen-bond donors (Lipinski definition) is 2. The Kier molecular flexibility index (Phi) is 6.87. The van der Waals surface area contributed by atoms with E-state index in [0.29, 0.717) is 5.69 Å². The molecule has 1 saturated heterocycles. The highest BCUT2D eigenvalue weighted by molar-refractivity contribution is 7.91. The zero-order valence-electron chi connectivity index (χ0n) is 16.2. The molecule has 0 saturated carbocycles. The van der Waals surface area contributed by atoms with E-state index in [1.165, 1.54) is 31.4 Å². The standard InChI is InChI=1S/C20H27N3O3S2/c1-15-5-3-11-23(13-15)14-17-7-9-18(10-8-17)21-20(24)16(2)22-28(25,26)19-6-4-12-27-19/h4,6-10,12,15-16,22H,3,5,11,13-14H2,1-2H3,(H,21,24). The number of hydrogen-bond acceptors (Lipinski definition) is 5. The van der Waals surface area contributed by atoms with Gasteiger partial charge < -0.3 is 5.32 Å². The molecule has 0 bridgehead atoms. The quantitative estimate of drug-likeness (QED) is 0.719. The number of nitrogens with zero attached hydrogens (tertiary/aromatic N) is 1. The molecular formula is C20H27N3O3S2. The average Bonchev–Trinajstić information content (AvgIpc) is 3.19. The summed E-state index contributed by atoms with van der Waals surface area (Å²) >= 11 is 1.12. The summed E-state index contributed by atoms with van der Waals surface area (Å²) in [7, 11) is -3.68. The molecule has 1 amide bonds. The van der Waals surface area contributed by atoms with E-state index in [4.69, 9.17) is 0 Å². The Morgan fingerprint density at radius 2 is 2.04 bits per heavy atom. The first-order valence-corrected chi connectivity index (χ1v) is 11.9. The van der Waals surface area contributed by atoms with E-state index in [1.807, 2.05) is 24.3 Å². The summed E-state index contributed by atoms with van der Waals surface area (Å²) in [5, 5.41) is 4.46. The van der Waals surface area contributed by atoms with Crippen molar-refractivity contribution in [2.75, 3.05) is 18.4 Å². The molecule has 2 aromatic rings. The van der Waals surface area contributed by atoms with Crippen LogP contribution in [0.4, 0.5) is 5.69 Å². The van der Waals surface area contributed by atoms with Crippen LogP contribution >= 0.6 is 11.3 Å². The normalized spacial score (nSPS) is 19.3. The highest BCUT2D eigenvalue weighted by Gasteiger charge is 2.23. The van der Waals surface area contributed by atoms with Crippen molar-refractivity contribution in [1.82, 2.24) is 9.62 Å². The van der Waals surface area contributed by atoms with Crippen LogP contribution in [0.1, 0.15) is 32.3 Å². The van der Waals surface area contributed by atoms with Gasteiger partial charge in [0.25, 0.3) is 10.0 Å². The number of anilines is 1. The molecule has 1 aromatic carbocycles. The van der Waals surface area contributed by atoms with Gasteiger partial charge in [-0.15, -0.1) is 11.3 Å². The molecule has 28 heavy (non-hydrogen) atoms. The molecular weight excluding hydrogens is 394 g/mol. The minimum Gasteiger partial charge on any atom is -0.325 e. The van der Waals surface area contributed by atoms with Crippen LogP contribution in [0.5, 0.6) is 0 Å². The minimum atomic E-state index is -3.68. The number of rotatable bonds is 7. The third-order valence-electron chi connectivity index (χ3n) is 4.85. The summed E-state index contributed by atoms with van der Waals surface area (Å²) in [5.74, 6) is 0.351. The van der Waals surface area contributed by atoms with E-state index in [-0.39, 0.29) is 4.21 Å². The van der Waals surface area contributed by atoms with Crippen molar-refractivity contribution in [3.63, 3.8) is 0 Å². The predicted molar refractivity (Wildman–Crippen MR) is 113 cm³/mol. The largest absolute Gasteiger partial charge is 0.325 e. The number of amides is 1. The molecule has 1 fully saturated rings. The van der Waals surface area contributed by atoms with Gasteiger partial charge in [0.1, 0.15) is 4.21 Å². The molecule has 1 aliphatic heterocycles. The van der Waals surface area contributed by atoms with Crippen molar-refractivity contribution < 1.29 is 13.2 Å². The fourth-order valence-corrected chi connectivity index (χ4v) is 5.61. The fraction of sp³-hybridized carbons (Fsp3) is 0.450. The second-order valence-electron chi connectivity index (χ2n) is 7.44. The maximum Gasteiger partial charge on any atom is 0.250 e. The third kappa shape index (κ3) is 5.64. The Labute approximate surface area is 171 Å². The lowest BCUT2D eigenvalue weighted by atomic mass is 10.00. The molecule has 6 nitrogen and oxygen atoms in total. The lowest BCUT2D eigenvalue weighted by Gasteiger charge is -2.30. The minimum absolute atomic E-state index is 0.198. The average molecular weight is 422 g/mol. The van der Waals surface area contributed by atoms with Crippen molar-refractivity contribution in [3.05, 3.63) is 47.3 Å². The molecule has 0 spiro atoms. The highest BCUT2D eigenvalue weighted by atomic mass is 32.2. The Morgan fingerprint density at radius 1 is 1.29 bits per heavy atom. The van der Waals surface area contributed by atoms with Gasteiger partial charge in [-0.05, 0) is 61.4 Å². The van der Waals surface area contributed by atoms with Crippen LogP contribution in [0.25, 0.3) is 0 Å². The second kappa shape index (κ2) is 9.17. The Morgan fingerprint density at radius 3 is 2.68 bits per heavy atom. The molecule has 0 radical (unpaired) electrons. The number of nitrogens with one attached hydrogen (secondary N) is 2. The number of thiophene rings is 1. The van der Waals surface area contributed by atoms with Crippen LogP contribution in [0.3, 0.4) is 0 Å². The van der Waals surface area contributed by atoms with Crippen LogP contribution in [0, 0.1) is 5.92 Å². The van der Waals surface area contributed by atoms with Gasteiger partial charge in [-0.25, -0.2) is 8.42 Å². The summed E-state index contributed by atoms with van der Waals surface area (Å²) in [6, 6.07) is 10.0. The molecule has 2 unspecified atom stereocenters. The lowest BCUT2D eigenvalue weighted by Crippen LogP contribution is -2.41. The van der Waals surface area contributed by atoms with Crippen molar-refractivity contribution in [2.24, 2.45) is 5.92 Å². The molecule has 0 aliphatic carbocycles. The Bertz CT molecular complexity index is 880. The van der Waals surface area contributed by atoms with E-state index in [1.54, 1.807) is 11.4 Å². The lowest BCUT2D eigenvalue weighted by molar-refractivity contribution is -0.117. The summed E-state index contributed by atoms with van der Waals surface area (Å²) in [4.78, 5) is 14.8. The zero-order valence-corrected chi connectivity index (χ0v) is 17.9. The number of sulfonamides is 1. The van der Waals surface area contributed by atoms with Gasteiger partial charge in [0.05, 0.1) is 6.04 Å². The van der Waals surface area contributed by atoms with Crippen LogP contribution in [-0.2, 0) is 21.4 Å². The Balaban J connectivity index is 1.53. The summed E-state index contributed by atoms with van der Waals surface area (Å²) in [6.45, 7) is 6.99. The van der Waals surface area contributed by atoms with Crippen LogP contribution in [0.2, 0.25) is 0 Å². The topological polar surface area (TPSA) is 78.5 Å². The van der Waals surface area contributed by atoms with Crippen molar-refractivity contribution in [3.8, 4) is 0 Å². The first-order chi connectivity index (χ1) is 13.3. The van der Waals surface area contributed by atoms with Gasteiger partial charge in [-0.3, -0.25) is 9.69 Å². The van der Waals surface area contributed by atoms with Crippen molar-refractivity contribution in [2.45, 2.75) is 43.5 Å². The fourth-order valence-electron chi connectivity index (χ4n) is 3.39. The molecule has 3 rings (SSSR count). The van der Waals surface area contributed by atoms with Crippen molar-refractivity contribution in [1.29, 1.82) is 0 Å². The zero-order chi connectivity index (χ0) is 20.1. The molecule has 2 N–H and O–H groups in total. The summed E-state index contributed by atoms with van der Waals surface area (Å²) < 4.78 is 27.1. The molecule has 2 heterocycles. The Hall–Kier alpha value is -1.74. The number of benzene rings is 1. The van der Waals surface area contributed by atoms with Crippen LogP contribution in [0.15, 0.2) is 46.0 Å². The SMILES string of the molecule is CC1CCCN(Cc2ccc(NC(=O)C(C)NS(=O)(=O)c3cccs3)cc2)C1. The molecule has 152 valence electrons. The monoisotopic (exact) mass is 421 g/mol. The number of carbonyl (C=O) groups is 1. The van der Waals surface area contributed by atoms with Gasteiger partial charge >= 0.3 is 0 Å². The van der Waals surface area contributed by atoms with E-state index in [9.17, 15) is 13.2 Å². The maximum absolute atomic E-state index is 12.4. The van der Waals surface area contributed by atoms with Gasteiger partial charge in [0.2, 0.25) is 5.91 Å². The predicted octanol–water partition coefficient (Wildman–Crippen LogP) is 3.29. The molecule has 2 atom stereocenters. The van der Waals surface area contributed by atoms with Crippen LogP contribution in [-0.4, -0.2) is 38.4 Å².